The lowest BCUT2D eigenvalue weighted by Crippen LogP contribution is -2.47. The summed E-state index contributed by atoms with van der Waals surface area (Å²) in [7, 11) is 1.49. The number of hydrogen-bond donors (Lipinski definition) is 5. The number of hydrogen-bond acceptors (Lipinski definition) is 5. The Kier molecular flexibility index (Phi) is 8.72. The number of anilines is 1. The van der Waals surface area contributed by atoms with Crippen molar-refractivity contribution in [1.82, 2.24) is 5.32 Å². The number of nitrogens with zero attached hydrogens (tertiary/aromatic N) is 1. The highest BCUT2D eigenvalue weighted by atomic mass is 16.5. The number of aliphatic imine (C=N–C) groups is 1. The van der Waals surface area contributed by atoms with Crippen LogP contribution in [0.2, 0.25) is 0 Å². The van der Waals surface area contributed by atoms with Crippen LogP contribution in [0.1, 0.15) is 44.0 Å². The Hall–Kier alpha value is -2.81. The van der Waals surface area contributed by atoms with Crippen molar-refractivity contribution in [2.75, 3.05) is 25.5 Å². The van der Waals surface area contributed by atoms with Crippen LogP contribution in [0.4, 0.5) is 5.69 Å². The number of amides is 2. The molecule has 0 saturated carbocycles. The van der Waals surface area contributed by atoms with Crippen LogP contribution in [0.15, 0.2) is 23.2 Å². The lowest BCUT2D eigenvalue weighted by molar-refractivity contribution is -0.121. The van der Waals surface area contributed by atoms with Crippen molar-refractivity contribution in [2.45, 2.75) is 39.2 Å². The van der Waals surface area contributed by atoms with Crippen molar-refractivity contribution in [3.8, 4) is 5.75 Å². The normalized spacial score (nSPS) is 12.0. The molecule has 1 rings (SSSR count). The molecule has 8 N–H and O–H groups in total. The minimum absolute atomic E-state index is 0.0177. The molecular weight excluding hydrogens is 360 g/mol. The lowest BCUT2D eigenvalue weighted by Gasteiger charge is -2.29. The van der Waals surface area contributed by atoms with Crippen LogP contribution in [-0.2, 0) is 4.79 Å². The van der Waals surface area contributed by atoms with Gasteiger partial charge in [-0.1, -0.05) is 0 Å². The van der Waals surface area contributed by atoms with Crippen LogP contribution < -0.4 is 32.6 Å². The van der Waals surface area contributed by atoms with Crippen molar-refractivity contribution in [1.29, 1.82) is 0 Å². The van der Waals surface area contributed by atoms with E-state index in [-0.39, 0.29) is 17.8 Å². The minimum Gasteiger partial charge on any atom is -0.496 e. The number of rotatable bonds is 10. The summed E-state index contributed by atoms with van der Waals surface area (Å²) in [5.74, 6) is -0.523. The molecule has 9 nitrogen and oxygen atoms in total. The molecular formula is C19H32N6O3. The summed E-state index contributed by atoms with van der Waals surface area (Å²) in [4.78, 5) is 29.0. The maximum atomic E-state index is 12.8. The van der Waals surface area contributed by atoms with Gasteiger partial charge in [-0.05, 0) is 51.8 Å². The van der Waals surface area contributed by atoms with E-state index in [9.17, 15) is 9.59 Å². The Labute approximate surface area is 166 Å². The van der Waals surface area contributed by atoms with Gasteiger partial charge in [-0.3, -0.25) is 14.6 Å². The molecule has 1 aromatic rings. The van der Waals surface area contributed by atoms with Crippen molar-refractivity contribution < 1.29 is 14.3 Å². The molecule has 0 aromatic heterocycles. The zero-order valence-corrected chi connectivity index (χ0v) is 17.0. The fourth-order valence-corrected chi connectivity index (χ4v) is 2.79. The van der Waals surface area contributed by atoms with Crippen LogP contribution in [0.3, 0.4) is 0 Å². The first-order valence-electron chi connectivity index (χ1n) is 9.21. The summed E-state index contributed by atoms with van der Waals surface area (Å²) < 4.78 is 5.23. The third-order valence-corrected chi connectivity index (χ3v) is 4.21. The van der Waals surface area contributed by atoms with Crippen LogP contribution in [0.5, 0.6) is 5.75 Å². The average Bonchev–Trinajstić information content (AvgIpc) is 2.60. The van der Waals surface area contributed by atoms with Gasteiger partial charge in [0.05, 0.1) is 18.6 Å². The molecule has 0 saturated heterocycles. The van der Waals surface area contributed by atoms with Crippen molar-refractivity contribution in [3.05, 3.63) is 23.8 Å². The average molecular weight is 393 g/mol. The fraction of sp³-hybridized carbons (Fsp3) is 0.526. The summed E-state index contributed by atoms with van der Waals surface area (Å²) >= 11 is 0. The van der Waals surface area contributed by atoms with E-state index in [2.05, 4.69) is 15.6 Å². The Morgan fingerprint density at radius 1 is 1.29 bits per heavy atom. The molecule has 2 amide bonds. The molecule has 0 radical (unpaired) electrons. The zero-order valence-electron chi connectivity index (χ0n) is 17.0. The highest BCUT2D eigenvalue weighted by molar-refractivity contribution is 6.00. The van der Waals surface area contributed by atoms with Crippen LogP contribution >= 0.6 is 0 Å². The number of carbonyl (C=O) groups excluding carboxylic acids is 2. The van der Waals surface area contributed by atoms with Crippen LogP contribution in [0, 0.1) is 5.92 Å². The van der Waals surface area contributed by atoms with E-state index in [0.717, 1.165) is 0 Å². The number of methoxy groups -OCH3 is 1. The van der Waals surface area contributed by atoms with Gasteiger partial charge in [0.2, 0.25) is 5.91 Å². The molecule has 1 aromatic carbocycles. The molecule has 9 heteroatoms. The fourth-order valence-electron chi connectivity index (χ4n) is 2.79. The number of guanidine groups is 1. The van der Waals surface area contributed by atoms with Crippen LogP contribution in [0.25, 0.3) is 0 Å². The maximum absolute atomic E-state index is 12.8. The molecule has 156 valence electrons. The highest BCUT2D eigenvalue weighted by Gasteiger charge is 2.31. The topological polar surface area (TPSA) is 158 Å². The molecule has 0 aliphatic heterocycles. The van der Waals surface area contributed by atoms with E-state index in [0.29, 0.717) is 42.9 Å². The molecule has 0 unspecified atom stereocenters. The summed E-state index contributed by atoms with van der Waals surface area (Å²) in [5, 5.41) is 5.57. The Morgan fingerprint density at radius 3 is 2.50 bits per heavy atom. The molecule has 0 spiro atoms. The molecule has 1 atom stereocenters. The minimum atomic E-state index is -0.739. The van der Waals surface area contributed by atoms with Crippen molar-refractivity contribution in [3.63, 3.8) is 0 Å². The van der Waals surface area contributed by atoms with E-state index in [1.165, 1.54) is 7.11 Å². The van der Waals surface area contributed by atoms with Crippen molar-refractivity contribution in [2.24, 2.45) is 28.1 Å². The van der Waals surface area contributed by atoms with Gasteiger partial charge in [-0.2, -0.15) is 0 Å². The van der Waals surface area contributed by atoms with Crippen LogP contribution in [-0.4, -0.2) is 43.5 Å². The zero-order chi connectivity index (χ0) is 21.3. The van der Waals surface area contributed by atoms with E-state index in [4.69, 9.17) is 21.9 Å². The Morgan fingerprint density at radius 2 is 1.96 bits per heavy atom. The first-order chi connectivity index (χ1) is 13.1. The third-order valence-electron chi connectivity index (χ3n) is 4.21. The monoisotopic (exact) mass is 392 g/mol. The summed E-state index contributed by atoms with van der Waals surface area (Å²) in [6.07, 6.45) is 1.13. The predicted octanol–water partition coefficient (Wildman–Crippen LogP) is 0.791. The molecule has 0 heterocycles. The second-order valence-corrected chi connectivity index (χ2v) is 7.09. The lowest BCUT2D eigenvalue weighted by atomic mass is 9.84. The van der Waals surface area contributed by atoms with Gasteiger partial charge < -0.3 is 32.6 Å². The second-order valence-electron chi connectivity index (χ2n) is 7.09. The summed E-state index contributed by atoms with van der Waals surface area (Å²) in [6, 6.07) is 4.91. The van der Waals surface area contributed by atoms with Gasteiger partial charge in [-0.25, -0.2) is 0 Å². The molecule has 0 aliphatic carbocycles. The van der Waals surface area contributed by atoms with Gasteiger partial charge in [0.15, 0.2) is 5.96 Å². The van der Waals surface area contributed by atoms with Gasteiger partial charge in [0, 0.05) is 24.3 Å². The van der Waals surface area contributed by atoms with E-state index >= 15 is 0 Å². The smallest absolute Gasteiger partial charge is 0.255 e. The summed E-state index contributed by atoms with van der Waals surface area (Å²) in [5.41, 5.74) is 17.0. The van der Waals surface area contributed by atoms with Gasteiger partial charge >= 0.3 is 0 Å². The van der Waals surface area contributed by atoms with Gasteiger partial charge in [0.25, 0.3) is 5.91 Å². The second kappa shape index (κ2) is 10.5. The number of benzene rings is 1. The number of nitrogens with one attached hydrogen (secondary N) is 2. The van der Waals surface area contributed by atoms with E-state index in [1.54, 1.807) is 32.0 Å². The molecule has 0 aliphatic rings. The standard InChI is InChI=1S/C19H32N6O3/c1-5-23-16(26)13-11-12(8-9-15(13)28-4)25-17(27)14(19(2,3)22)7-6-10-24-18(20)21/h8-9,11,14H,5-7,10,22H2,1-4H3,(H,23,26)(H,25,27)(H4,20,21,24)/t14-/m1/s1. The SMILES string of the molecule is CCNC(=O)c1cc(NC(=O)[C@@H](CCCN=C(N)N)C(C)(C)N)ccc1OC. The maximum Gasteiger partial charge on any atom is 0.255 e. The first-order valence-corrected chi connectivity index (χ1v) is 9.21. The van der Waals surface area contributed by atoms with Crippen molar-refractivity contribution >= 4 is 23.5 Å². The number of carbonyl (C=O) groups is 2. The number of nitrogens with two attached hydrogens (primary N) is 3. The van der Waals surface area contributed by atoms with Gasteiger partial charge in [-0.15, -0.1) is 0 Å². The predicted molar refractivity (Wildman–Crippen MR) is 111 cm³/mol. The highest BCUT2D eigenvalue weighted by Crippen LogP contribution is 2.25. The number of ether oxygens (including phenoxy) is 1. The van der Waals surface area contributed by atoms with Gasteiger partial charge in [0.1, 0.15) is 5.75 Å². The molecule has 28 heavy (non-hydrogen) atoms. The molecule has 0 bridgehead atoms. The summed E-state index contributed by atoms with van der Waals surface area (Å²) in [6.45, 7) is 6.33. The Balaban J connectivity index is 2.96. The third kappa shape index (κ3) is 7.07. The Bertz CT molecular complexity index is 708. The van der Waals surface area contributed by atoms with E-state index in [1.807, 2.05) is 6.92 Å². The quantitative estimate of drug-likeness (QED) is 0.225. The largest absolute Gasteiger partial charge is 0.496 e. The first kappa shape index (κ1) is 23.2. The van der Waals surface area contributed by atoms with E-state index < -0.39 is 11.5 Å². The molecule has 0 fully saturated rings.